The predicted octanol–water partition coefficient (Wildman–Crippen LogP) is 3.63. The minimum Gasteiger partial charge on any atom is -0.356 e. The number of benzene rings is 1. The van der Waals surface area contributed by atoms with E-state index in [0.29, 0.717) is 12.5 Å². The van der Waals surface area contributed by atoms with Crippen molar-refractivity contribution in [2.75, 3.05) is 19.8 Å². The van der Waals surface area contributed by atoms with Crippen molar-refractivity contribution in [3.8, 4) is 0 Å². The molecule has 0 aliphatic heterocycles. The average Bonchev–Trinajstić information content (AvgIpc) is 2.41. The van der Waals surface area contributed by atoms with Crippen molar-refractivity contribution < 1.29 is 4.39 Å². The molecule has 0 saturated carbocycles. The van der Waals surface area contributed by atoms with Crippen LogP contribution in [0.25, 0.3) is 0 Å². The molecule has 1 aromatic rings. The van der Waals surface area contributed by atoms with E-state index in [4.69, 9.17) is 0 Å². The minimum atomic E-state index is -0.180. The van der Waals surface area contributed by atoms with Gasteiger partial charge in [0.15, 0.2) is 5.96 Å². The van der Waals surface area contributed by atoms with Gasteiger partial charge in [-0.2, -0.15) is 11.8 Å². The Morgan fingerprint density at radius 2 is 2.00 bits per heavy atom. The monoisotopic (exact) mass is 425 g/mol. The fraction of sp³-hybridized carbons (Fsp3) is 0.533. The maximum Gasteiger partial charge on any atom is 0.191 e. The van der Waals surface area contributed by atoms with Crippen LogP contribution >= 0.6 is 35.7 Å². The van der Waals surface area contributed by atoms with Gasteiger partial charge in [-0.3, -0.25) is 4.99 Å². The third kappa shape index (κ3) is 7.90. The molecule has 0 fully saturated rings. The van der Waals surface area contributed by atoms with Crippen LogP contribution in [0, 0.1) is 11.7 Å². The van der Waals surface area contributed by atoms with Gasteiger partial charge in [0.25, 0.3) is 0 Å². The van der Waals surface area contributed by atoms with E-state index in [-0.39, 0.29) is 29.8 Å². The summed E-state index contributed by atoms with van der Waals surface area (Å²) in [6.07, 6.45) is 2.02. The molecule has 1 aromatic carbocycles. The molecule has 0 aliphatic carbocycles. The number of nitrogens with one attached hydrogen (secondary N) is 2. The molecule has 0 spiro atoms. The quantitative estimate of drug-likeness (QED) is 0.415. The molecule has 0 radical (unpaired) electrons. The summed E-state index contributed by atoms with van der Waals surface area (Å²) in [5.41, 5.74) is 2.14. The Kier molecular flexibility index (Phi) is 10.9. The van der Waals surface area contributed by atoms with Crippen LogP contribution in [0.3, 0.4) is 0 Å². The van der Waals surface area contributed by atoms with E-state index >= 15 is 0 Å². The standard InChI is InChI=1S/C15H24FN3S.HI/c1-11(2)8-18-15(17-3)19-9-12-5-6-14(16)7-13(12)10-20-4;/h5-7,11H,8-10H2,1-4H3,(H2,17,18,19);1H. The molecule has 21 heavy (non-hydrogen) atoms. The summed E-state index contributed by atoms with van der Waals surface area (Å²) in [5, 5.41) is 6.53. The summed E-state index contributed by atoms with van der Waals surface area (Å²) in [6.45, 7) is 5.82. The molecule has 0 aliphatic rings. The van der Waals surface area contributed by atoms with Crippen molar-refractivity contribution in [3.63, 3.8) is 0 Å². The van der Waals surface area contributed by atoms with Gasteiger partial charge < -0.3 is 10.6 Å². The molecule has 6 heteroatoms. The number of rotatable bonds is 6. The van der Waals surface area contributed by atoms with E-state index in [1.54, 1.807) is 24.9 Å². The molecule has 0 heterocycles. The molecule has 3 nitrogen and oxygen atoms in total. The zero-order chi connectivity index (χ0) is 15.0. The number of halogens is 2. The van der Waals surface area contributed by atoms with E-state index in [1.807, 2.05) is 12.3 Å². The fourth-order valence-electron chi connectivity index (χ4n) is 1.76. The number of hydrogen-bond donors (Lipinski definition) is 2. The molecule has 0 aromatic heterocycles. The first-order valence-electron chi connectivity index (χ1n) is 6.77. The van der Waals surface area contributed by atoms with Crippen molar-refractivity contribution >= 4 is 41.7 Å². The Morgan fingerprint density at radius 1 is 1.29 bits per heavy atom. The third-order valence-corrected chi connectivity index (χ3v) is 3.42. The number of aliphatic imine (C=N–C) groups is 1. The fourth-order valence-corrected chi connectivity index (χ4v) is 2.34. The van der Waals surface area contributed by atoms with E-state index in [1.165, 1.54) is 6.07 Å². The highest BCUT2D eigenvalue weighted by molar-refractivity contribution is 14.0. The summed E-state index contributed by atoms with van der Waals surface area (Å²) >= 11 is 1.69. The van der Waals surface area contributed by atoms with Gasteiger partial charge in [0.2, 0.25) is 0 Å². The second-order valence-corrected chi connectivity index (χ2v) is 5.91. The topological polar surface area (TPSA) is 36.4 Å². The summed E-state index contributed by atoms with van der Waals surface area (Å²) in [6, 6.07) is 4.95. The van der Waals surface area contributed by atoms with E-state index < -0.39 is 0 Å². The Bertz CT molecular complexity index is 453. The number of guanidine groups is 1. The molecule has 0 atom stereocenters. The Hall–Kier alpha value is -0.500. The van der Waals surface area contributed by atoms with Crippen LogP contribution in [0.1, 0.15) is 25.0 Å². The SMILES string of the molecule is CN=C(NCc1ccc(F)cc1CSC)NCC(C)C.I. The van der Waals surface area contributed by atoms with Gasteiger partial charge in [-0.1, -0.05) is 19.9 Å². The Morgan fingerprint density at radius 3 is 2.57 bits per heavy atom. The lowest BCUT2D eigenvalue weighted by Gasteiger charge is -2.15. The highest BCUT2D eigenvalue weighted by Crippen LogP contribution is 2.16. The van der Waals surface area contributed by atoms with Crippen LogP contribution in [-0.4, -0.2) is 25.8 Å². The van der Waals surface area contributed by atoms with Crippen LogP contribution in [0.5, 0.6) is 0 Å². The minimum absolute atomic E-state index is 0. The lowest BCUT2D eigenvalue weighted by atomic mass is 10.1. The zero-order valence-corrected chi connectivity index (χ0v) is 16.2. The molecular formula is C15H25FIN3S. The van der Waals surface area contributed by atoms with Gasteiger partial charge in [0.1, 0.15) is 5.82 Å². The van der Waals surface area contributed by atoms with Gasteiger partial charge in [0.05, 0.1) is 0 Å². The lowest BCUT2D eigenvalue weighted by Crippen LogP contribution is -2.38. The van der Waals surface area contributed by atoms with Crippen LogP contribution < -0.4 is 10.6 Å². The highest BCUT2D eigenvalue weighted by Gasteiger charge is 2.05. The summed E-state index contributed by atoms with van der Waals surface area (Å²) in [4.78, 5) is 4.18. The van der Waals surface area contributed by atoms with Crippen molar-refractivity contribution in [3.05, 3.63) is 35.1 Å². The van der Waals surface area contributed by atoms with Crippen LogP contribution in [0.15, 0.2) is 23.2 Å². The van der Waals surface area contributed by atoms with Gasteiger partial charge in [-0.25, -0.2) is 4.39 Å². The number of hydrogen-bond acceptors (Lipinski definition) is 2. The summed E-state index contributed by atoms with van der Waals surface area (Å²) < 4.78 is 13.3. The number of nitrogens with zero attached hydrogens (tertiary/aromatic N) is 1. The second-order valence-electron chi connectivity index (χ2n) is 5.05. The van der Waals surface area contributed by atoms with Crippen molar-refractivity contribution in [2.24, 2.45) is 10.9 Å². The van der Waals surface area contributed by atoms with Crippen molar-refractivity contribution in [1.29, 1.82) is 0 Å². The lowest BCUT2D eigenvalue weighted by molar-refractivity contribution is 0.613. The molecule has 0 amide bonds. The number of thioether (sulfide) groups is 1. The first kappa shape index (κ1) is 20.5. The Balaban J connectivity index is 0.00000400. The Labute approximate surface area is 148 Å². The van der Waals surface area contributed by atoms with Crippen LogP contribution in [0.2, 0.25) is 0 Å². The molecule has 0 saturated heterocycles. The van der Waals surface area contributed by atoms with Gasteiger partial charge >= 0.3 is 0 Å². The summed E-state index contributed by atoms with van der Waals surface area (Å²) in [7, 11) is 1.75. The van der Waals surface area contributed by atoms with E-state index in [9.17, 15) is 4.39 Å². The van der Waals surface area contributed by atoms with E-state index in [2.05, 4.69) is 29.5 Å². The molecular weight excluding hydrogens is 400 g/mol. The molecule has 0 unspecified atom stereocenters. The zero-order valence-electron chi connectivity index (χ0n) is 13.1. The highest BCUT2D eigenvalue weighted by atomic mass is 127. The molecule has 0 bridgehead atoms. The maximum atomic E-state index is 13.3. The largest absolute Gasteiger partial charge is 0.356 e. The average molecular weight is 425 g/mol. The summed E-state index contributed by atoms with van der Waals surface area (Å²) in [5.74, 6) is 1.97. The predicted molar refractivity (Wildman–Crippen MR) is 102 cm³/mol. The van der Waals surface area contributed by atoms with Crippen molar-refractivity contribution in [1.82, 2.24) is 10.6 Å². The maximum absolute atomic E-state index is 13.3. The van der Waals surface area contributed by atoms with Gasteiger partial charge in [-0.15, -0.1) is 24.0 Å². The first-order chi connectivity index (χ1) is 9.56. The normalized spacial score (nSPS) is 11.2. The smallest absolute Gasteiger partial charge is 0.191 e. The van der Waals surface area contributed by atoms with Crippen LogP contribution in [-0.2, 0) is 12.3 Å². The van der Waals surface area contributed by atoms with Gasteiger partial charge in [0, 0.05) is 25.9 Å². The van der Waals surface area contributed by atoms with Crippen molar-refractivity contribution in [2.45, 2.75) is 26.1 Å². The first-order valence-corrected chi connectivity index (χ1v) is 8.17. The van der Waals surface area contributed by atoms with E-state index in [0.717, 1.165) is 29.4 Å². The molecule has 2 N–H and O–H groups in total. The molecule has 120 valence electrons. The van der Waals surface area contributed by atoms with Gasteiger partial charge in [-0.05, 0) is 35.4 Å². The second kappa shape index (κ2) is 11.1. The van der Waals surface area contributed by atoms with Crippen LogP contribution in [0.4, 0.5) is 4.39 Å². The molecule has 1 rings (SSSR count). The third-order valence-electron chi connectivity index (χ3n) is 2.82.